The molecule has 0 fully saturated rings. The van der Waals surface area contributed by atoms with E-state index in [1.807, 2.05) is 21.1 Å². The Morgan fingerprint density at radius 1 is 0.449 bits per heavy atom. The number of allylic oxidation sites excluding steroid dienone is 4. The average Bonchev–Trinajstić information content (AvgIpc) is 3.31. The molecule has 9 nitrogen and oxygen atoms in total. The molecule has 69 heavy (non-hydrogen) atoms. The van der Waals surface area contributed by atoms with Gasteiger partial charge in [-0.1, -0.05) is 256 Å². The van der Waals surface area contributed by atoms with Gasteiger partial charge >= 0.3 is 11.9 Å². The third-order valence-corrected chi connectivity index (χ3v) is 14.2. The summed E-state index contributed by atoms with van der Waals surface area (Å²) in [5.74, 6) is -0.836. The van der Waals surface area contributed by atoms with Crippen molar-refractivity contribution >= 4 is 19.8 Å². The number of phosphoric ester groups is 1. The van der Waals surface area contributed by atoms with E-state index in [2.05, 4.69) is 38.2 Å². The van der Waals surface area contributed by atoms with Gasteiger partial charge in [0.1, 0.15) is 19.8 Å². The van der Waals surface area contributed by atoms with E-state index < -0.39 is 26.5 Å². The molecule has 0 aliphatic rings. The van der Waals surface area contributed by atoms with Gasteiger partial charge in [-0.2, -0.15) is 0 Å². The zero-order valence-electron chi connectivity index (χ0n) is 46.3. The van der Waals surface area contributed by atoms with Gasteiger partial charge in [0.05, 0.1) is 27.7 Å². The van der Waals surface area contributed by atoms with Crippen molar-refractivity contribution in [1.29, 1.82) is 0 Å². The molecule has 0 spiro atoms. The van der Waals surface area contributed by atoms with Crippen molar-refractivity contribution in [2.75, 3.05) is 47.5 Å². The van der Waals surface area contributed by atoms with Crippen molar-refractivity contribution in [3.63, 3.8) is 0 Å². The van der Waals surface area contributed by atoms with Crippen molar-refractivity contribution in [1.82, 2.24) is 0 Å². The Hall–Kier alpha value is -1.51. The largest absolute Gasteiger partial charge is 0.756 e. The van der Waals surface area contributed by atoms with Gasteiger partial charge < -0.3 is 27.9 Å². The summed E-state index contributed by atoms with van der Waals surface area (Å²) in [6.07, 6.45) is 61.0. The van der Waals surface area contributed by atoms with Crippen LogP contribution in [0.3, 0.4) is 0 Å². The van der Waals surface area contributed by atoms with E-state index in [4.69, 9.17) is 18.5 Å². The monoisotopic (exact) mass is 996 g/mol. The zero-order chi connectivity index (χ0) is 50.6. The van der Waals surface area contributed by atoms with Crippen LogP contribution in [0, 0.1) is 0 Å². The predicted molar refractivity (Wildman–Crippen MR) is 291 cm³/mol. The maximum Gasteiger partial charge on any atom is 0.306 e. The first-order chi connectivity index (χ1) is 33.5. The molecule has 0 aromatic carbocycles. The standard InChI is InChI=1S/C59H114NO8P/c1-6-8-10-12-14-16-18-20-22-23-24-25-26-27-28-29-30-31-32-33-34-35-36-38-39-41-43-45-47-49-51-58(61)65-55-57(56-67-69(63,64)66-54-53-60(3,4)5)68-59(62)52-50-48-46-44-42-40-37-21-19-17-15-13-11-9-7-2/h15,17,21,37,57H,6-14,16,18-20,22-36,38-56H2,1-5H3/b17-15-,37-21-. The molecule has 0 heterocycles. The molecular formula is C59H114NO8P. The highest BCUT2D eigenvalue weighted by molar-refractivity contribution is 7.45. The summed E-state index contributed by atoms with van der Waals surface area (Å²) in [4.78, 5) is 37.8. The van der Waals surface area contributed by atoms with Gasteiger partial charge in [0.25, 0.3) is 7.82 Å². The van der Waals surface area contributed by atoms with E-state index in [1.54, 1.807) is 0 Å². The molecule has 0 saturated heterocycles. The number of ether oxygens (including phenoxy) is 2. The number of unbranched alkanes of at least 4 members (excludes halogenated alkanes) is 37. The number of rotatable bonds is 55. The van der Waals surface area contributed by atoms with Crippen molar-refractivity contribution < 1.29 is 42.1 Å². The summed E-state index contributed by atoms with van der Waals surface area (Å²) in [5, 5.41) is 0. The van der Waals surface area contributed by atoms with Crippen LogP contribution in [0.2, 0.25) is 0 Å². The molecule has 408 valence electrons. The van der Waals surface area contributed by atoms with Gasteiger partial charge in [-0.05, 0) is 44.9 Å². The Morgan fingerprint density at radius 2 is 0.783 bits per heavy atom. The molecule has 0 aromatic heterocycles. The Balaban J connectivity index is 4.01. The third kappa shape index (κ3) is 55.7. The molecule has 0 aliphatic carbocycles. The summed E-state index contributed by atoms with van der Waals surface area (Å²) >= 11 is 0. The fraction of sp³-hybridized carbons (Fsp3) is 0.898. The minimum atomic E-state index is -4.63. The fourth-order valence-corrected chi connectivity index (χ4v) is 9.36. The lowest BCUT2D eigenvalue weighted by Gasteiger charge is -2.28. The lowest BCUT2D eigenvalue weighted by molar-refractivity contribution is -0.870. The van der Waals surface area contributed by atoms with Crippen LogP contribution >= 0.6 is 7.82 Å². The van der Waals surface area contributed by atoms with Crippen molar-refractivity contribution in [2.45, 2.75) is 296 Å². The fourth-order valence-electron chi connectivity index (χ4n) is 8.63. The predicted octanol–water partition coefficient (Wildman–Crippen LogP) is 17.6. The first kappa shape index (κ1) is 67.5. The number of hydrogen-bond donors (Lipinski definition) is 0. The Kier molecular flexibility index (Phi) is 50.3. The zero-order valence-corrected chi connectivity index (χ0v) is 47.2. The second-order valence-corrected chi connectivity index (χ2v) is 22.8. The Morgan fingerprint density at radius 3 is 1.17 bits per heavy atom. The van der Waals surface area contributed by atoms with Gasteiger partial charge in [-0.25, -0.2) is 0 Å². The molecule has 2 atom stereocenters. The molecule has 0 rings (SSSR count). The second kappa shape index (κ2) is 51.4. The molecule has 0 aliphatic heterocycles. The van der Waals surface area contributed by atoms with E-state index in [0.717, 1.165) is 57.8 Å². The van der Waals surface area contributed by atoms with Gasteiger partial charge in [0.2, 0.25) is 0 Å². The van der Waals surface area contributed by atoms with Gasteiger partial charge in [-0.15, -0.1) is 0 Å². The van der Waals surface area contributed by atoms with E-state index >= 15 is 0 Å². The number of quaternary nitrogens is 1. The molecule has 0 N–H and O–H groups in total. The molecular weight excluding hydrogens is 882 g/mol. The molecule has 0 aromatic rings. The molecule has 0 bridgehead atoms. The van der Waals surface area contributed by atoms with Gasteiger partial charge in [0, 0.05) is 12.8 Å². The molecule has 0 radical (unpaired) electrons. The molecule has 2 unspecified atom stereocenters. The minimum absolute atomic E-state index is 0.0315. The Labute approximate surface area is 428 Å². The smallest absolute Gasteiger partial charge is 0.306 e. The lowest BCUT2D eigenvalue weighted by atomic mass is 10.0. The van der Waals surface area contributed by atoms with Crippen LogP contribution in [-0.4, -0.2) is 70.0 Å². The maximum absolute atomic E-state index is 12.7. The van der Waals surface area contributed by atoms with Gasteiger partial charge in [0.15, 0.2) is 6.10 Å². The first-order valence-electron chi connectivity index (χ1n) is 29.5. The molecule has 0 amide bonds. The highest BCUT2D eigenvalue weighted by Crippen LogP contribution is 2.38. The van der Waals surface area contributed by atoms with Crippen LogP contribution in [0.15, 0.2) is 24.3 Å². The summed E-state index contributed by atoms with van der Waals surface area (Å²) in [5.41, 5.74) is 0. The van der Waals surface area contributed by atoms with E-state index in [0.29, 0.717) is 17.4 Å². The number of carbonyl (C=O) groups is 2. The summed E-state index contributed by atoms with van der Waals surface area (Å²) in [6.45, 7) is 4.24. The van der Waals surface area contributed by atoms with Crippen LogP contribution in [0.25, 0.3) is 0 Å². The lowest BCUT2D eigenvalue weighted by Crippen LogP contribution is -2.37. The number of likely N-dealkylation sites (N-methyl/N-ethyl adjacent to an activating group) is 1. The van der Waals surface area contributed by atoms with Gasteiger partial charge in [-0.3, -0.25) is 14.2 Å². The summed E-state index contributed by atoms with van der Waals surface area (Å²) < 4.78 is 34.1. The van der Waals surface area contributed by atoms with E-state index in [1.165, 1.54) is 199 Å². The quantitative estimate of drug-likeness (QED) is 0.0195. The summed E-state index contributed by atoms with van der Waals surface area (Å²) in [7, 11) is 1.17. The summed E-state index contributed by atoms with van der Waals surface area (Å²) in [6, 6.07) is 0. The Bertz CT molecular complexity index is 1220. The number of nitrogens with zero attached hydrogens (tertiary/aromatic N) is 1. The average molecular weight is 997 g/mol. The van der Waals surface area contributed by atoms with Crippen molar-refractivity contribution in [2.24, 2.45) is 0 Å². The highest BCUT2D eigenvalue weighted by atomic mass is 31.2. The topological polar surface area (TPSA) is 111 Å². The normalized spacial score (nSPS) is 13.4. The van der Waals surface area contributed by atoms with Crippen LogP contribution in [-0.2, 0) is 32.7 Å². The van der Waals surface area contributed by atoms with Crippen LogP contribution in [0.4, 0.5) is 0 Å². The van der Waals surface area contributed by atoms with E-state index in [9.17, 15) is 19.0 Å². The number of hydrogen-bond acceptors (Lipinski definition) is 8. The minimum Gasteiger partial charge on any atom is -0.756 e. The van der Waals surface area contributed by atoms with Crippen molar-refractivity contribution in [3.05, 3.63) is 24.3 Å². The second-order valence-electron chi connectivity index (χ2n) is 21.4. The number of phosphoric acid groups is 1. The van der Waals surface area contributed by atoms with Crippen LogP contribution < -0.4 is 4.89 Å². The first-order valence-corrected chi connectivity index (χ1v) is 31.0. The SMILES string of the molecule is CCCCC/C=C\C/C=C\CCCCCCCC(=O)OC(COC(=O)CCCCCCCCCCCCCCCCCCCCCCCCCCCCCCCC)COP(=O)([O-])OCC[N+](C)(C)C. The molecule has 0 saturated carbocycles. The van der Waals surface area contributed by atoms with Crippen LogP contribution in [0.5, 0.6) is 0 Å². The highest BCUT2D eigenvalue weighted by Gasteiger charge is 2.22. The third-order valence-electron chi connectivity index (χ3n) is 13.2. The number of esters is 2. The van der Waals surface area contributed by atoms with Crippen molar-refractivity contribution in [3.8, 4) is 0 Å². The number of carbonyl (C=O) groups excluding carboxylic acids is 2. The van der Waals surface area contributed by atoms with E-state index in [-0.39, 0.29) is 32.0 Å². The molecule has 10 heteroatoms. The maximum atomic E-state index is 12.7. The van der Waals surface area contributed by atoms with Crippen LogP contribution in [0.1, 0.15) is 290 Å².